The van der Waals surface area contributed by atoms with Gasteiger partial charge in [-0.25, -0.2) is 0 Å². The van der Waals surface area contributed by atoms with E-state index < -0.39 is 0 Å². The molecule has 0 fully saturated rings. The molecule has 0 saturated carbocycles. The quantitative estimate of drug-likeness (QED) is 0.809. The van der Waals surface area contributed by atoms with Gasteiger partial charge in [-0.1, -0.05) is 0 Å². The van der Waals surface area contributed by atoms with Gasteiger partial charge in [0.25, 0.3) is 5.91 Å². The average molecular weight is 255 g/mol. The van der Waals surface area contributed by atoms with Crippen LogP contribution in [0.2, 0.25) is 0 Å². The molecule has 0 bridgehead atoms. The van der Waals surface area contributed by atoms with Crippen LogP contribution in [0.1, 0.15) is 36.6 Å². The highest BCUT2D eigenvalue weighted by molar-refractivity contribution is 7.12. The zero-order valence-corrected chi connectivity index (χ0v) is 12.0. The van der Waals surface area contributed by atoms with Gasteiger partial charge in [0, 0.05) is 23.4 Å². The molecule has 1 aromatic heterocycles. The van der Waals surface area contributed by atoms with Crippen molar-refractivity contribution in [3.05, 3.63) is 21.9 Å². The first kappa shape index (κ1) is 14.2. The van der Waals surface area contributed by atoms with Crippen LogP contribution in [0, 0.1) is 6.92 Å². The van der Waals surface area contributed by atoms with Crippen LogP contribution in [0.25, 0.3) is 0 Å². The van der Waals surface area contributed by atoms with E-state index in [1.807, 2.05) is 20.9 Å². The maximum Gasteiger partial charge on any atom is 0.251 e. The van der Waals surface area contributed by atoms with Gasteiger partial charge in [-0.3, -0.25) is 4.79 Å². The molecule has 0 aromatic carbocycles. The minimum absolute atomic E-state index is 0.0328. The van der Waals surface area contributed by atoms with Crippen molar-refractivity contribution < 1.29 is 9.53 Å². The summed E-state index contributed by atoms with van der Waals surface area (Å²) in [5.41, 5.74) is 0. The minimum atomic E-state index is -0.367. The molecule has 1 amide bonds. The second-order valence-corrected chi connectivity index (χ2v) is 5.49. The smallest absolute Gasteiger partial charge is 0.251 e. The molecule has 1 aromatic rings. The van der Waals surface area contributed by atoms with Gasteiger partial charge in [0.2, 0.25) is 0 Å². The molecule has 3 nitrogen and oxygen atoms in total. The normalized spacial score (nSPS) is 14.4. The molecule has 0 spiro atoms. The Kier molecular flexibility index (Phi) is 5.15. The fourth-order valence-electron chi connectivity index (χ4n) is 1.67. The summed E-state index contributed by atoms with van der Waals surface area (Å²) in [6, 6.07) is 4.27. The number of amides is 1. The molecule has 0 N–H and O–H groups in total. The van der Waals surface area contributed by atoms with E-state index >= 15 is 0 Å². The maximum absolute atomic E-state index is 12.1. The first-order valence-corrected chi connectivity index (χ1v) is 6.73. The Morgan fingerprint density at radius 2 is 2.12 bits per heavy atom. The summed E-state index contributed by atoms with van der Waals surface area (Å²) in [5, 5.41) is 0. The lowest BCUT2D eigenvalue weighted by atomic mass is 10.2. The standard InChI is InChI=1S/C13H21NO2S/c1-6-16-11(4)13(15)14(5)10(3)12-8-7-9(2)17-12/h7-8,10-11H,6H2,1-5H3/t10-,11+/m1/s1. The molecule has 1 heterocycles. The van der Waals surface area contributed by atoms with Crippen LogP contribution in [0.15, 0.2) is 12.1 Å². The fraction of sp³-hybridized carbons (Fsp3) is 0.615. The Balaban J connectivity index is 2.69. The summed E-state index contributed by atoms with van der Waals surface area (Å²) >= 11 is 1.73. The number of thiophene rings is 1. The second-order valence-electron chi connectivity index (χ2n) is 4.17. The first-order valence-electron chi connectivity index (χ1n) is 5.92. The zero-order chi connectivity index (χ0) is 13.0. The predicted octanol–water partition coefficient (Wildman–Crippen LogP) is 3.00. The van der Waals surface area contributed by atoms with E-state index in [0.29, 0.717) is 6.61 Å². The molecular weight excluding hydrogens is 234 g/mol. The van der Waals surface area contributed by atoms with Gasteiger partial charge in [-0.15, -0.1) is 11.3 Å². The van der Waals surface area contributed by atoms with Crippen LogP contribution in [-0.4, -0.2) is 30.6 Å². The third-order valence-electron chi connectivity index (χ3n) is 2.87. The van der Waals surface area contributed by atoms with Crippen molar-refractivity contribution in [3.63, 3.8) is 0 Å². The summed E-state index contributed by atoms with van der Waals surface area (Å²) in [6.45, 7) is 8.38. The van der Waals surface area contributed by atoms with E-state index in [4.69, 9.17) is 4.74 Å². The lowest BCUT2D eigenvalue weighted by Gasteiger charge is -2.26. The van der Waals surface area contributed by atoms with E-state index in [1.54, 1.807) is 23.2 Å². The second kappa shape index (κ2) is 6.17. The number of carbonyl (C=O) groups is 1. The molecule has 1 rings (SSSR count). The molecule has 0 saturated heterocycles. The molecule has 0 unspecified atom stereocenters. The fourth-order valence-corrected chi connectivity index (χ4v) is 2.64. The number of carbonyl (C=O) groups excluding carboxylic acids is 1. The number of rotatable bonds is 5. The van der Waals surface area contributed by atoms with Crippen LogP contribution in [0.4, 0.5) is 0 Å². The SMILES string of the molecule is CCO[C@@H](C)C(=O)N(C)[C@H](C)c1ccc(C)s1. The van der Waals surface area contributed by atoms with Crippen molar-refractivity contribution in [1.29, 1.82) is 0 Å². The van der Waals surface area contributed by atoms with Crippen molar-refractivity contribution >= 4 is 17.2 Å². The van der Waals surface area contributed by atoms with Crippen molar-refractivity contribution in [2.45, 2.75) is 39.8 Å². The first-order chi connectivity index (χ1) is 7.97. The van der Waals surface area contributed by atoms with Crippen molar-refractivity contribution in [2.75, 3.05) is 13.7 Å². The highest BCUT2D eigenvalue weighted by Crippen LogP contribution is 2.26. The van der Waals surface area contributed by atoms with Crippen molar-refractivity contribution in [3.8, 4) is 0 Å². The summed E-state index contributed by atoms with van der Waals surface area (Å²) < 4.78 is 5.33. The molecule has 0 aliphatic carbocycles. The van der Waals surface area contributed by atoms with E-state index in [-0.39, 0.29) is 18.1 Å². The third kappa shape index (κ3) is 3.54. The maximum atomic E-state index is 12.1. The van der Waals surface area contributed by atoms with E-state index in [0.717, 1.165) is 0 Å². The number of hydrogen-bond acceptors (Lipinski definition) is 3. The molecule has 0 radical (unpaired) electrons. The Bertz CT molecular complexity index is 375. The Morgan fingerprint density at radius 3 is 2.59 bits per heavy atom. The number of hydrogen-bond donors (Lipinski definition) is 0. The van der Waals surface area contributed by atoms with Gasteiger partial charge in [0.1, 0.15) is 6.10 Å². The largest absolute Gasteiger partial charge is 0.369 e. The van der Waals surface area contributed by atoms with Gasteiger partial charge in [0.05, 0.1) is 6.04 Å². The summed E-state index contributed by atoms with van der Waals surface area (Å²) in [4.78, 5) is 16.3. The Labute approximate surface area is 107 Å². The molecule has 17 heavy (non-hydrogen) atoms. The van der Waals surface area contributed by atoms with Crippen molar-refractivity contribution in [2.24, 2.45) is 0 Å². The molecule has 0 aliphatic rings. The molecule has 0 aliphatic heterocycles. The lowest BCUT2D eigenvalue weighted by Crippen LogP contribution is -2.37. The van der Waals surface area contributed by atoms with Crippen LogP contribution < -0.4 is 0 Å². The predicted molar refractivity (Wildman–Crippen MR) is 71.3 cm³/mol. The van der Waals surface area contributed by atoms with Gasteiger partial charge in [-0.05, 0) is 39.8 Å². The monoisotopic (exact) mass is 255 g/mol. The molecule has 4 heteroatoms. The van der Waals surface area contributed by atoms with E-state index in [9.17, 15) is 4.79 Å². The van der Waals surface area contributed by atoms with Gasteiger partial charge >= 0.3 is 0 Å². The zero-order valence-electron chi connectivity index (χ0n) is 11.2. The minimum Gasteiger partial charge on any atom is -0.369 e. The molecule has 96 valence electrons. The Morgan fingerprint density at radius 1 is 1.47 bits per heavy atom. The average Bonchev–Trinajstić information content (AvgIpc) is 2.73. The van der Waals surface area contributed by atoms with E-state index in [2.05, 4.69) is 19.1 Å². The van der Waals surface area contributed by atoms with E-state index in [1.165, 1.54) is 9.75 Å². The lowest BCUT2D eigenvalue weighted by molar-refractivity contribution is -0.142. The van der Waals surface area contributed by atoms with Crippen LogP contribution in [0.5, 0.6) is 0 Å². The van der Waals surface area contributed by atoms with Crippen LogP contribution in [-0.2, 0) is 9.53 Å². The highest BCUT2D eigenvalue weighted by atomic mass is 32.1. The van der Waals surface area contributed by atoms with Crippen LogP contribution >= 0.6 is 11.3 Å². The molecule has 2 atom stereocenters. The van der Waals surface area contributed by atoms with Crippen LogP contribution in [0.3, 0.4) is 0 Å². The summed E-state index contributed by atoms with van der Waals surface area (Å²) in [5.74, 6) is 0.0328. The van der Waals surface area contributed by atoms with Crippen molar-refractivity contribution in [1.82, 2.24) is 4.90 Å². The number of aryl methyl sites for hydroxylation is 1. The number of nitrogens with zero attached hydrogens (tertiary/aromatic N) is 1. The van der Waals surface area contributed by atoms with Gasteiger partial charge in [0.15, 0.2) is 0 Å². The highest BCUT2D eigenvalue weighted by Gasteiger charge is 2.23. The summed E-state index contributed by atoms with van der Waals surface area (Å²) in [7, 11) is 1.83. The van der Waals surface area contributed by atoms with Gasteiger partial charge < -0.3 is 9.64 Å². The Hall–Kier alpha value is -0.870. The topological polar surface area (TPSA) is 29.5 Å². The third-order valence-corrected chi connectivity index (χ3v) is 4.04. The van der Waals surface area contributed by atoms with Gasteiger partial charge in [-0.2, -0.15) is 0 Å². The number of likely N-dealkylation sites (N-methyl/N-ethyl adjacent to an activating group) is 1. The summed E-state index contributed by atoms with van der Waals surface area (Å²) in [6.07, 6.45) is -0.367. The number of ether oxygens (including phenoxy) is 1. The molecular formula is C13H21NO2S.